The van der Waals surface area contributed by atoms with Gasteiger partial charge in [0, 0.05) is 0 Å². The number of hydrogen-bond donors (Lipinski definition) is 0. The highest BCUT2D eigenvalue weighted by Crippen LogP contribution is 2.36. The molecule has 0 aromatic carbocycles. The van der Waals surface area contributed by atoms with Gasteiger partial charge in [-0.25, -0.2) is 0 Å². The lowest BCUT2D eigenvalue weighted by atomic mass is 10.1. The molecule has 0 unspecified atom stereocenters. The van der Waals surface area contributed by atoms with E-state index < -0.39 is 8.32 Å². The van der Waals surface area contributed by atoms with Gasteiger partial charge >= 0.3 is 0 Å². The summed E-state index contributed by atoms with van der Waals surface area (Å²) < 4.78 is 11.8. The molecule has 0 bridgehead atoms. The van der Waals surface area contributed by atoms with Gasteiger partial charge in [0.15, 0.2) is 8.32 Å². The topological polar surface area (TPSA) is 18.5 Å². The highest BCUT2D eigenvalue weighted by Gasteiger charge is 2.36. The van der Waals surface area contributed by atoms with Crippen molar-refractivity contribution in [3.63, 3.8) is 0 Å². The van der Waals surface area contributed by atoms with E-state index in [1.165, 1.54) is 0 Å². The second-order valence-electron chi connectivity index (χ2n) is 6.57. The van der Waals surface area contributed by atoms with Crippen molar-refractivity contribution in [2.75, 3.05) is 13.2 Å². The Morgan fingerprint density at radius 3 is 1.81 bits per heavy atom. The van der Waals surface area contributed by atoms with Gasteiger partial charge in [0.05, 0.1) is 18.8 Å². The predicted octanol–water partition coefficient (Wildman–Crippen LogP) is 4.21. The van der Waals surface area contributed by atoms with Crippen LogP contribution in [0.1, 0.15) is 48.0 Å². The van der Waals surface area contributed by atoms with E-state index in [9.17, 15) is 0 Å². The molecular weight excluding hydrogens is 216 g/mol. The molecular formula is C13H30O2Si. The molecule has 3 heteroatoms. The van der Waals surface area contributed by atoms with Crippen molar-refractivity contribution in [3.05, 3.63) is 0 Å². The molecule has 0 spiro atoms. The first-order valence-electron chi connectivity index (χ1n) is 6.30. The minimum Gasteiger partial charge on any atom is -0.414 e. The molecule has 0 amide bonds. The maximum absolute atomic E-state index is 6.05. The van der Waals surface area contributed by atoms with Crippen LogP contribution in [0, 0.1) is 0 Å². The van der Waals surface area contributed by atoms with Crippen LogP contribution >= 0.6 is 0 Å². The van der Waals surface area contributed by atoms with Gasteiger partial charge in [-0.15, -0.1) is 0 Å². The van der Waals surface area contributed by atoms with E-state index in [0.717, 1.165) is 13.0 Å². The van der Waals surface area contributed by atoms with Crippen molar-refractivity contribution in [1.82, 2.24) is 0 Å². The van der Waals surface area contributed by atoms with Crippen LogP contribution < -0.4 is 0 Å². The fourth-order valence-electron chi connectivity index (χ4n) is 0.933. The summed E-state index contributed by atoms with van der Waals surface area (Å²) in [6, 6.07) is 0. The third-order valence-corrected chi connectivity index (χ3v) is 8.23. The highest BCUT2D eigenvalue weighted by atomic mass is 28.4. The molecule has 0 aliphatic carbocycles. The molecule has 0 rings (SSSR count). The molecule has 2 nitrogen and oxygen atoms in total. The van der Waals surface area contributed by atoms with E-state index in [1.807, 2.05) is 0 Å². The minimum absolute atomic E-state index is 0.0171. The van der Waals surface area contributed by atoms with Crippen molar-refractivity contribution < 1.29 is 9.16 Å². The predicted molar refractivity (Wildman–Crippen MR) is 73.5 cm³/mol. The Hall–Kier alpha value is 0.137. The molecule has 0 radical (unpaired) electrons. The van der Waals surface area contributed by atoms with Gasteiger partial charge in [0.25, 0.3) is 0 Å². The first kappa shape index (κ1) is 16.1. The SMILES string of the molecule is CCC(C)(C)OCCO[Si](C)(C)C(C)(C)C. The Bertz CT molecular complexity index is 204. The monoisotopic (exact) mass is 246 g/mol. The fraction of sp³-hybridized carbons (Fsp3) is 1.00. The van der Waals surface area contributed by atoms with E-state index in [2.05, 4.69) is 54.6 Å². The highest BCUT2D eigenvalue weighted by molar-refractivity contribution is 6.74. The Morgan fingerprint density at radius 1 is 0.938 bits per heavy atom. The zero-order chi connectivity index (χ0) is 13.0. The molecule has 0 atom stereocenters. The molecule has 0 aliphatic heterocycles. The van der Waals surface area contributed by atoms with Crippen LogP contribution in [-0.4, -0.2) is 27.1 Å². The van der Waals surface area contributed by atoms with E-state index in [0.29, 0.717) is 6.61 Å². The number of ether oxygens (including phenoxy) is 1. The summed E-state index contributed by atoms with van der Waals surface area (Å²) in [4.78, 5) is 0. The molecule has 0 saturated heterocycles. The molecule has 16 heavy (non-hydrogen) atoms. The number of hydrogen-bond acceptors (Lipinski definition) is 2. The first-order chi connectivity index (χ1) is 7.02. The molecule has 98 valence electrons. The average Bonchev–Trinajstić information content (AvgIpc) is 2.11. The van der Waals surface area contributed by atoms with Crippen LogP contribution in [-0.2, 0) is 9.16 Å². The zero-order valence-electron chi connectivity index (χ0n) is 12.4. The van der Waals surface area contributed by atoms with Gasteiger partial charge in [-0.3, -0.25) is 0 Å². The van der Waals surface area contributed by atoms with Crippen molar-refractivity contribution in [1.29, 1.82) is 0 Å². The summed E-state index contributed by atoms with van der Waals surface area (Å²) in [6.07, 6.45) is 1.03. The fourth-order valence-corrected chi connectivity index (χ4v) is 1.96. The second kappa shape index (κ2) is 5.65. The standard InChI is InChI=1S/C13H30O2Si/c1-9-13(5,6)14-10-11-15-16(7,8)12(2,3)4/h9-11H2,1-8H3. The van der Waals surface area contributed by atoms with Crippen molar-refractivity contribution >= 4 is 8.32 Å². The van der Waals surface area contributed by atoms with E-state index in [1.54, 1.807) is 0 Å². The lowest BCUT2D eigenvalue weighted by molar-refractivity contribution is -0.0332. The number of rotatable bonds is 6. The van der Waals surface area contributed by atoms with Crippen molar-refractivity contribution in [2.45, 2.75) is 71.7 Å². The summed E-state index contributed by atoms with van der Waals surface area (Å²) in [7, 11) is -1.59. The van der Waals surface area contributed by atoms with E-state index in [-0.39, 0.29) is 10.6 Å². The van der Waals surface area contributed by atoms with Crippen LogP contribution in [0.25, 0.3) is 0 Å². The summed E-state index contributed by atoms with van der Waals surface area (Å²) in [5.41, 5.74) is -0.0171. The Labute approximate surface area is 103 Å². The molecule has 0 aromatic heterocycles. The smallest absolute Gasteiger partial charge is 0.192 e. The van der Waals surface area contributed by atoms with Crippen LogP contribution in [0.3, 0.4) is 0 Å². The van der Waals surface area contributed by atoms with Crippen LogP contribution in [0.4, 0.5) is 0 Å². The Kier molecular flexibility index (Phi) is 5.70. The van der Waals surface area contributed by atoms with Gasteiger partial charge in [0.1, 0.15) is 0 Å². The van der Waals surface area contributed by atoms with Gasteiger partial charge < -0.3 is 9.16 Å². The summed E-state index contributed by atoms with van der Waals surface area (Å²) in [6.45, 7) is 19.2. The maximum atomic E-state index is 6.05. The Balaban J connectivity index is 3.92. The van der Waals surface area contributed by atoms with Crippen LogP contribution in [0.2, 0.25) is 18.1 Å². The van der Waals surface area contributed by atoms with Gasteiger partial charge in [0.2, 0.25) is 0 Å². The first-order valence-corrected chi connectivity index (χ1v) is 9.20. The summed E-state index contributed by atoms with van der Waals surface area (Å²) in [5, 5.41) is 0.285. The van der Waals surface area contributed by atoms with E-state index in [4.69, 9.17) is 9.16 Å². The zero-order valence-corrected chi connectivity index (χ0v) is 13.4. The van der Waals surface area contributed by atoms with Crippen LogP contribution in [0.5, 0.6) is 0 Å². The quantitative estimate of drug-likeness (QED) is 0.516. The molecule has 0 N–H and O–H groups in total. The maximum Gasteiger partial charge on any atom is 0.192 e. The lowest BCUT2D eigenvalue weighted by Gasteiger charge is -2.36. The summed E-state index contributed by atoms with van der Waals surface area (Å²) in [5.74, 6) is 0. The van der Waals surface area contributed by atoms with Gasteiger partial charge in [-0.05, 0) is 38.4 Å². The normalized spacial score (nSPS) is 14.2. The molecule has 0 saturated carbocycles. The van der Waals surface area contributed by atoms with Crippen molar-refractivity contribution in [2.24, 2.45) is 0 Å². The average molecular weight is 246 g/mol. The second-order valence-corrected chi connectivity index (χ2v) is 11.4. The van der Waals surface area contributed by atoms with Crippen molar-refractivity contribution in [3.8, 4) is 0 Å². The van der Waals surface area contributed by atoms with E-state index >= 15 is 0 Å². The molecule has 0 aromatic rings. The lowest BCUT2D eigenvalue weighted by Crippen LogP contribution is -2.42. The van der Waals surface area contributed by atoms with Crippen LogP contribution in [0.15, 0.2) is 0 Å². The van der Waals surface area contributed by atoms with Gasteiger partial charge in [-0.1, -0.05) is 27.7 Å². The molecule has 0 heterocycles. The molecule has 0 fully saturated rings. The Morgan fingerprint density at radius 2 is 1.44 bits per heavy atom. The third-order valence-electron chi connectivity index (χ3n) is 3.70. The largest absolute Gasteiger partial charge is 0.414 e. The third kappa shape index (κ3) is 5.46. The molecule has 0 aliphatic rings. The van der Waals surface area contributed by atoms with Gasteiger partial charge in [-0.2, -0.15) is 0 Å². The summed E-state index contributed by atoms with van der Waals surface area (Å²) >= 11 is 0. The minimum atomic E-state index is -1.59.